The molecule has 0 aliphatic carbocycles. The van der Waals surface area contributed by atoms with Gasteiger partial charge in [-0.25, -0.2) is 4.39 Å². The van der Waals surface area contributed by atoms with Crippen LogP contribution in [-0.2, 0) is 4.79 Å². The smallest absolute Gasteiger partial charge is 0.234 e. The van der Waals surface area contributed by atoms with Crippen LogP contribution in [0.25, 0.3) is 0 Å². The molecule has 1 atom stereocenters. The summed E-state index contributed by atoms with van der Waals surface area (Å²) in [4.78, 5) is 16.3. The summed E-state index contributed by atoms with van der Waals surface area (Å²) in [5.41, 5.74) is 0.632. The number of amides is 1. The van der Waals surface area contributed by atoms with E-state index < -0.39 is 0 Å². The molecule has 2 aromatic rings. The van der Waals surface area contributed by atoms with Gasteiger partial charge in [-0.2, -0.15) is 0 Å². The molecular weight excluding hydrogens is 309 g/mol. The van der Waals surface area contributed by atoms with Gasteiger partial charge >= 0.3 is 0 Å². The molecule has 1 saturated heterocycles. The van der Waals surface area contributed by atoms with Gasteiger partial charge in [-0.1, -0.05) is 12.1 Å². The Balaban J connectivity index is 1.47. The second kappa shape index (κ2) is 7.49. The predicted molar refractivity (Wildman–Crippen MR) is 90.3 cm³/mol. The third-order valence-electron chi connectivity index (χ3n) is 4.28. The van der Waals surface area contributed by atoms with Gasteiger partial charge in [-0.05, 0) is 31.2 Å². The second-order valence-corrected chi connectivity index (χ2v) is 6.02. The quantitative estimate of drug-likeness (QED) is 0.914. The van der Waals surface area contributed by atoms with Gasteiger partial charge in [-0.3, -0.25) is 9.69 Å². The van der Waals surface area contributed by atoms with Crippen molar-refractivity contribution in [1.82, 2.24) is 10.2 Å². The lowest BCUT2D eigenvalue weighted by Gasteiger charge is -2.35. The van der Waals surface area contributed by atoms with Crippen molar-refractivity contribution in [3.8, 4) is 0 Å². The largest absolute Gasteiger partial charge is 0.467 e. The van der Waals surface area contributed by atoms with Crippen molar-refractivity contribution in [1.29, 1.82) is 0 Å². The van der Waals surface area contributed by atoms with Crippen molar-refractivity contribution in [3.63, 3.8) is 0 Å². The Morgan fingerprint density at radius 2 is 1.96 bits per heavy atom. The van der Waals surface area contributed by atoms with Gasteiger partial charge in [0.1, 0.15) is 11.6 Å². The average Bonchev–Trinajstić information content (AvgIpc) is 3.11. The number of anilines is 1. The molecule has 128 valence electrons. The number of nitrogens with one attached hydrogen (secondary N) is 1. The first-order valence-corrected chi connectivity index (χ1v) is 8.18. The first kappa shape index (κ1) is 16.5. The molecule has 0 spiro atoms. The van der Waals surface area contributed by atoms with E-state index in [0.29, 0.717) is 25.3 Å². The number of carbonyl (C=O) groups is 1. The Bertz CT molecular complexity index is 667. The summed E-state index contributed by atoms with van der Waals surface area (Å²) >= 11 is 0. The van der Waals surface area contributed by atoms with Gasteiger partial charge in [0.25, 0.3) is 0 Å². The number of carbonyl (C=O) groups excluding carboxylic acids is 1. The van der Waals surface area contributed by atoms with E-state index in [9.17, 15) is 9.18 Å². The zero-order valence-corrected chi connectivity index (χ0v) is 13.7. The molecule has 5 nitrogen and oxygen atoms in total. The predicted octanol–water partition coefficient (Wildman–Crippen LogP) is 2.42. The fourth-order valence-electron chi connectivity index (χ4n) is 2.95. The van der Waals surface area contributed by atoms with Crippen molar-refractivity contribution in [2.45, 2.75) is 13.0 Å². The zero-order valence-electron chi connectivity index (χ0n) is 13.7. The van der Waals surface area contributed by atoms with E-state index in [2.05, 4.69) is 10.2 Å². The van der Waals surface area contributed by atoms with Crippen LogP contribution < -0.4 is 10.2 Å². The Hall–Kier alpha value is -2.34. The van der Waals surface area contributed by atoms with Crippen molar-refractivity contribution >= 4 is 11.6 Å². The van der Waals surface area contributed by atoms with Crippen LogP contribution in [0.2, 0.25) is 0 Å². The number of benzene rings is 1. The summed E-state index contributed by atoms with van der Waals surface area (Å²) in [7, 11) is 0. The molecule has 0 radical (unpaired) electrons. The van der Waals surface area contributed by atoms with E-state index in [0.717, 1.165) is 18.8 Å². The number of halogens is 1. The number of furan rings is 1. The molecular formula is C18H22FN3O2. The SMILES string of the molecule is CC(NC(=O)CN1CCN(c2ccccc2F)CC1)c1ccco1. The third-order valence-corrected chi connectivity index (χ3v) is 4.28. The highest BCUT2D eigenvalue weighted by atomic mass is 19.1. The molecule has 1 aromatic carbocycles. The van der Waals surface area contributed by atoms with Crippen molar-refractivity contribution in [2.24, 2.45) is 0 Å². The molecule has 24 heavy (non-hydrogen) atoms. The van der Waals surface area contributed by atoms with E-state index in [4.69, 9.17) is 4.42 Å². The Kier molecular flexibility index (Phi) is 5.15. The molecule has 1 aliphatic heterocycles. The molecule has 1 unspecified atom stereocenters. The van der Waals surface area contributed by atoms with Crippen LogP contribution in [0.5, 0.6) is 0 Å². The lowest BCUT2D eigenvalue weighted by molar-refractivity contribution is -0.123. The Morgan fingerprint density at radius 1 is 1.21 bits per heavy atom. The number of rotatable bonds is 5. The fraction of sp³-hybridized carbons (Fsp3) is 0.389. The van der Waals surface area contributed by atoms with Gasteiger partial charge in [0.05, 0.1) is 24.5 Å². The van der Waals surface area contributed by atoms with E-state index in [1.807, 2.05) is 24.0 Å². The molecule has 0 saturated carbocycles. The van der Waals surface area contributed by atoms with Crippen molar-refractivity contribution in [2.75, 3.05) is 37.6 Å². The number of para-hydroxylation sites is 1. The molecule has 1 aromatic heterocycles. The van der Waals surface area contributed by atoms with Crippen LogP contribution in [0.3, 0.4) is 0 Å². The maximum atomic E-state index is 13.8. The number of hydrogen-bond donors (Lipinski definition) is 1. The topological polar surface area (TPSA) is 48.7 Å². The Labute approximate surface area is 141 Å². The Morgan fingerprint density at radius 3 is 2.62 bits per heavy atom. The average molecular weight is 331 g/mol. The highest BCUT2D eigenvalue weighted by Gasteiger charge is 2.21. The van der Waals surface area contributed by atoms with Gasteiger partial charge in [0.2, 0.25) is 5.91 Å². The lowest BCUT2D eigenvalue weighted by atomic mass is 10.2. The zero-order chi connectivity index (χ0) is 16.9. The summed E-state index contributed by atoms with van der Waals surface area (Å²) in [6, 6.07) is 10.3. The van der Waals surface area contributed by atoms with Crippen LogP contribution in [0.15, 0.2) is 47.1 Å². The third kappa shape index (κ3) is 3.94. The molecule has 1 aliphatic rings. The number of hydrogen-bond acceptors (Lipinski definition) is 4. The number of nitrogens with zero attached hydrogens (tertiary/aromatic N) is 2. The van der Waals surface area contributed by atoms with Gasteiger partial charge in [0, 0.05) is 26.2 Å². The maximum Gasteiger partial charge on any atom is 0.234 e. The molecule has 1 N–H and O–H groups in total. The summed E-state index contributed by atoms with van der Waals surface area (Å²) in [6.45, 7) is 5.13. The summed E-state index contributed by atoms with van der Waals surface area (Å²) in [5.74, 6) is 0.516. The molecule has 1 amide bonds. The van der Waals surface area contributed by atoms with Gasteiger partial charge < -0.3 is 14.6 Å². The molecule has 0 bridgehead atoms. The van der Waals surface area contributed by atoms with Crippen LogP contribution in [0, 0.1) is 5.82 Å². The highest BCUT2D eigenvalue weighted by molar-refractivity contribution is 5.78. The van der Waals surface area contributed by atoms with Gasteiger partial charge in [0.15, 0.2) is 0 Å². The minimum Gasteiger partial charge on any atom is -0.467 e. The monoisotopic (exact) mass is 331 g/mol. The normalized spacial score (nSPS) is 16.8. The van der Waals surface area contributed by atoms with Crippen LogP contribution >= 0.6 is 0 Å². The maximum absolute atomic E-state index is 13.8. The van der Waals surface area contributed by atoms with Crippen LogP contribution in [0.1, 0.15) is 18.7 Å². The van der Waals surface area contributed by atoms with E-state index in [-0.39, 0.29) is 17.8 Å². The van der Waals surface area contributed by atoms with E-state index in [1.165, 1.54) is 6.07 Å². The minimum atomic E-state index is -0.198. The molecule has 3 rings (SSSR count). The van der Waals surface area contributed by atoms with Crippen molar-refractivity contribution < 1.29 is 13.6 Å². The highest BCUT2D eigenvalue weighted by Crippen LogP contribution is 2.20. The second-order valence-electron chi connectivity index (χ2n) is 6.02. The summed E-state index contributed by atoms with van der Waals surface area (Å²) < 4.78 is 19.1. The molecule has 6 heteroatoms. The molecule has 2 heterocycles. The lowest BCUT2D eigenvalue weighted by Crippen LogP contribution is -2.49. The fourth-order valence-corrected chi connectivity index (χ4v) is 2.95. The van der Waals surface area contributed by atoms with Crippen LogP contribution in [-0.4, -0.2) is 43.5 Å². The van der Waals surface area contributed by atoms with E-state index >= 15 is 0 Å². The summed E-state index contributed by atoms with van der Waals surface area (Å²) in [5, 5.41) is 2.93. The van der Waals surface area contributed by atoms with Crippen LogP contribution in [0.4, 0.5) is 10.1 Å². The standard InChI is InChI=1S/C18H22FN3O2/c1-14(17-7-4-12-24-17)20-18(23)13-21-8-10-22(11-9-21)16-6-3-2-5-15(16)19/h2-7,12,14H,8-11,13H2,1H3,(H,20,23). The van der Waals surface area contributed by atoms with E-state index in [1.54, 1.807) is 24.5 Å². The number of piperazine rings is 1. The van der Waals surface area contributed by atoms with Gasteiger partial charge in [-0.15, -0.1) is 0 Å². The first-order valence-electron chi connectivity index (χ1n) is 8.18. The van der Waals surface area contributed by atoms with Crippen molar-refractivity contribution in [3.05, 3.63) is 54.2 Å². The summed E-state index contributed by atoms with van der Waals surface area (Å²) in [6.07, 6.45) is 1.60. The molecule has 1 fully saturated rings. The minimum absolute atomic E-state index is 0.0294. The first-order chi connectivity index (χ1) is 11.6.